The van der Waals surface area contributed by atoms with Crippen LogP contribution < -0.4 is 5.32 Å². The number of rotatable bonds is 4. The Morgan fingerprint density at radius 3 is 2.47 bits per heavy atom. The van der Waals surface area contributed by atoms with Crippen molar-refractivity contribution < 1.29 is 14.7 Å². The van der Waals surface area contributed by atoms with E-state index in [1.54, 1.807) is 19.0 Å². The molecule has 3 atom stereocenters. The van der Waals surface area contributed by atoms with Crippen LogP contribution in [0.5, 0.6) is 0 Å². The summed E-state index contributed by atoms with van der Waals surface area (Å²) in [5.74, 6) is 0.339. The zero-order valence-corrected chi connectivity index (χ0v) is 17.8. The van der Waals surface area contributed by atoms with Gasteiger partial charge in [0.15, 0.2) is 0 Å². The zero-order valence-electron chi connectivity index (χ0n) is 17.8. The first-order valence-electron chi connectivity index (χ1n) is 10.6. The van der Waals surface area contributed by atoms with Gasteiger partial charge in [-0.2, -0.15) is 0 Å². The normalized spacial score (nSPS) is 22.1. The Bertz CT molecular complexity index is 955. The van der Waals surface area contributed by atoms with Gasteiger partial charge in [-0.15, -0.1) is 0 Å². The molecule has 2 aromatic carbocycles. The van der Waals surface area contributed by atoms with Crippen molar-refractivity contribution in [3.63, 3.8) is 0 Å². The van der Waals surface area contributed by atoms with E-state index in [4.69, 9.17) is 0 Å². The number of aliphatic hydroxyl groups excluding tert-OH is 1. The summed E-state index contributed by atoms with van der Waals surface area (Å²) in [5, 5.41) is 13.4. The Morgan fingerprint density at radius 1 is 1.13 bits per heavy atom. The summed E-state index contributed by atoms with van der Waals surface area (Å²) in [6.45, 7) is 2.68. The first kappa shape index (κ1) is 20.4. The molecule has 0 radical (unpaired) electrons. The molecule has 0 bridgehead atoms. The minimum Gasteiger partial charge on any atom is -0.394 e. The molecule has 0 spiro atoms. The van der Waals surface area contributed by atoms with Crippen LogP contribution >= 0.6 is 0 Å². The highest BCUT2D eigenvalue weighted by molar-refractivity contribution is 5.94. The van der Waals surface area contributed by atoms with Crippen molar-refractivity contribution >= 4 is 17.5 Å². The van der Waals surface area contributed by atoms with Crippen molar-refractivity contribution in [3.05, 3.63) is 53.6 Å². The molecular formula is C24H29N3O3. The summed E-state index contributed by atoms with van der Waals surface area (Å²) in [5.41, 5.74) is 4.82. The van der Waals surface area contributed by atoms with Gasteiger partial charge in [0.05, 0.1) is 18.7 Å². The molecule has 2 heterocycles. The molecule has 2 aliphatic rings. The van der Waals surface area contributed by atoms with Crippen LogP contribution in [0.1, 0.15) is 41.7 Å². The van der Waals surface area contributed by atoms with E-state index < -0.39 is 0 Å². The molecule has 0 aromatic heterocycles. The van der Waals surface area contributed by atoms with Gasteiger partial charge in [0.1, 0.15) is 0 Å². The molecule has 2 amide bonds. The number of hydrogen-bond donors (Lipinski definition) is 2. The van der Waals surface area contributed by atoms with Gasteiger partial charge in [0.2, 0.25) is 5.91 Å². The van der Waals surface area contributed by atoms with E-state index in [0.717, 1.165) is 35.3 Å². The topological polar surface area (TPSA) is 72.9 Å². The monoisotopic (exact) mass is 407 g/mol. The number of amides is 2. The van der Waals surface area contributed by atoms with Crippen LogP contribution in [0.15, 0.2) is 42.5 Å². The van der Waals surface area contributed by atoms with Gasteiger partial charge < -0.3 is 20.2 Å². The number of nitrogens with zero attached hydrogens (tertiary/aromatic N) is 2. The molecule has 158 valence electrons. The fourth-order valence-corrected chi connectivity index (χ4v) is 4.79. The molecule has 2 N–H and O–H groups in total. The third kappa shape index (κ3) is 3.45. The second-order valence-corrected chi connectivity index (χ2v) is 8.35. The van der Waals surface area contributed by atoms with Gasteiger partial charge in [0, 0.05) is 44.2 Å². The molecule has 30 heavy (non-hydrogen) atoms. The van der Waals surface area contributed by atoms with Crippen LogP contribution in [0.4, 0.5) is 5.69 Å². The van der Waals surface area contributed by atoms with Crippen molar-refractivity contribution in [2.24, 2.45) is 5.92 Å². The van der Waals surface area contributed by atoms with Gasteiger partial charge >= 0.3 is 0 Å². The predicted octanol–water partition coefficient (Wildman–Crippen LogP) is 3.14. The van der Waals surface area contributed by atoms with Crippen LogP contribution in [0, 0.1) is 5.92 Å². The maximum atomic E-state index is 12.6. The molecule has 0 saturated carbocycles. The van der Waals surface area contributed by atoms with E-state index in [0.29, 0.717) is 12.0 Å². The maximum Gasteiger partial charge on any atom is 0.253 e. The fraction of sp³-hybridized carbons (Fsp3) is 0.417. The first-order chi connectivity index (χ1) is 14.4. The van der Waals surface area contributed by atoms with Gasteiger partial charge in [-0.1, -0.05) is 25.1 Å². The summed E-state index contributed by atoms with van der Waals surface area (Å²) < 4.78 is 0. The largest absolute Gasteiger partial charge is 0.394 e. The quantitative estimate of drug-likeness (QED) is 0.817. The van der Waals surface area contributed by atoms with Crippen molar-refractivity contribution in [2.75, 3.05) is 32.6 Å². The highest BCUT2D eigenvalue weighted by atomic mass is 16.3. The molecular weight excluding hydrogens is 378 g/mol. The number of likely N-dealkylation sites (tertiary alicyclic amines) is 1. The Labute approximate surface area is 177 Å². The van der Waals surface area contributed by atoms with E-state index in [1.807, 2.05) is 48.2 Å². The number of nitrogens with one attached hydrogen (secondary N) is 1. The summed E-state index contributed by atoms with van der Waals surface area (Å²) >= 11 is 0. The lowest BCUT2D eigenvalue weighted by atomic mass is 9.82. The molecule has 0 aliphatic carbocycles. The van der Waals surface area contributed by atoms with E-state index >= 15 is 0 Å². The van der Waals surface area contributed by atoms with Gasteiger partial charge in [0.25, 0.3) is 5.91 Å². The van der Waals surface area contributed by atoms with Crippen LogP contribution in [0.2, 0.25) is 0 Å². The number of fused-ring (bicyclic) bond motifs is 3. The number of aliphatic hydroxyl groups is 1. The minimum atomic E-state index is -0.0423. The Hall–Kier alpha value is -2.86. The van der Waals surface area contributed by atoms with Crippen molar-refractivity contribution in [1.82, 2.24) is 9.80 Å². The van der Waals surface area contributed by atoms with Gasteiger partial charge in [-0.05, 0) is 47.4 Å². The highest BCUT2D eigenvalue weighted by Gasteiger charge is 2.45. The molecule has 0 unspecified atom stereocenters. The average Bonchev–Trinajstić information content (AvgIpc) is 3.22. The molecule has 1 fully saturated rings. The van der Waals surface area contributed by atoms with Crippen molar-refractivity contribution in [1.29, 1.82) is 0 Å². The number of benzene rings is 2. The third-order valence-corrected chi connectivity index (χ3v) is 6.36. The number of carbonyl (C=O) groups is 2. The molecule has 6 nitrogen and oxygen atoms in total. The lowest BCUT2D eigenvalue weighted by Crippen LogP contribution is -2.42. The van der Waals surface area contributed by atoms with Crippen LogP contribution in [-0.4, -0.2) is 60.0 Å². The number of hydrogen-bond acceptors (Lipinski definition) is 4. The van der Waals surface area contributed by atoms with Crippen molar-refractivity contribution in [2.45, 2.75) is 31.8 Å². The van der Waals surface area contributed by atoms with Crippen molar-refractivity contribution in [3.8, 4) is 11.1 Å². The summed E-state index contributed by atoms with van der Waals surface area (Å²) in [6.07, 6.45) is 1.37. The number of carbonyl (C=O) groups excluding carboxylic acids is 2. The standard InChI is InChI=1S/C24H29N3O3/c1-4-22(29)27-12-11-18-21(14-28)25-20-10-9-17(13-19(20)23(18)27)15-5-7-16(8-6-15)24(30)26(2)3/h5-10,13,18,21,23,25,28H,4,11-12,14H2,1-3H3/t18-,21-,23-/m1/s1. The van der Waals surface area contributed by atoms with Gasteiger partial charge in [-0.25, -0.2) is 0 Å². The van der Waals surface area contributed by atoms with Crippen LogP contribution in [-0.2, 0) is 4.79 Å². The van der Waals surface area contributed by atoms with Crippen LogP contribution in [0.3, 0.4) is 0 Å². The second-order valence-electron chi connectivity index (χ2n) is 8.35. The highest BCUT2D eigenvalue weighted by Crippen LogP contribution is 2.47. The van der Waals surface area contributed by atoms with E-state index in [9.17, 15) is 14.7 Å². The molecule has 2 aliphatic heterocycles. The lowest BCUT2D eigenvalue weighted by molar-refractivity contribution is -0.132. The third-order valence-electron chi connectivity index (χ3n) is 6.36. The van der Waals surface area contributed by atoms with E-state index in [1.165, 1.54) is 0 Å². The second kappa shape index (κ2) is 8.11. The first-order valence-corrected chi connectivity index (χ1v) is 10.6. The van der Waals surface area contributed by atoms with Crippen LogP contribution in [0.25, 0.3) is 11.1 Å². The molecule has 6 heteroatoms. The molecule has 1 saturated heterocycles. The zero-order chi connectivity index (χ0) is 21.4. The summed E-state index contributed by atoms with van der Waals surface area (Å²) in [7, 11) is 3.49. The average molecular weight is 408 g/mol. The minimum absolute atomic E-state index is 0.0135. The van der Waals surface area contributed by atoms with E-state index in [2.05, 4.69) is 11.4 Å². The Kier molecular flexibility index (Phi) is 5.52. The molecule has 4 rings (SSSR count). The Morgan fingerprint density at radius 2 is 1.83 bits per heavy atom. The summed E-state index contributed by atoms with van der Waals surface area (Å²) in [4.78, 5) is 28.3. The van der Waals surface area contributed by atoms with Gasteiger partial charge in [-0.3, -0.25) is 9.59 Å². The predicted molar refractivity (Wildman–Crippen MR) is 117 cm³/mol. The maximum absolute atomic E-state index is 12.6. The SMILES string of the molecule is CCC(=O)N1CC[C@@H]2[C@@H](CO)Nc3ccc(-c4ccc(C(=O)N(C)C)cc4)cc3[C@@H]21. The fourth-order valence-electron chi connectivity index (χ4n) is 4.79. The number of anilines is 1. The summed E-state index contributed by atoms with van der Waals surface area (Å²) in [6, 6.07) is 13.8. The van der Waals surface area contributed by atoms with E-state index in [-0.39, 0.29) is 36.4 Å². The smallest absolute Gasteiger partial charge is 0.253 e. The molecule has 2 aromatic rings. The lowest BCUT2D eigenvalue weighted by Gasteiger charge is -2.39. The Balaban J connectivity index is 1.71.